The third-order valence-electron chi connectivity index (χ3n) is 3.43. The van der Waals surface area contributed by atoms with Gasteiger partial charge < -0.3 is 14.2 Å². The fourth-order valence-electron chi connectivity index (χ4n) is 2.11. The molecule has 0 fully saturated rings. The molecule has 0 spiro atoms. The maximum Gasteiger partial charge on any atom is 0.349 e. The Kier molecular flexibility index (Phi) is 6.59. The molecule has 0 amide bonds. The summed E-state index contributed by atoms with van der Waals surface area (Å²) in [5.74, 6) is -0.0508. The molecule has 0 aliphatic rings. The van der Waals surface area contributed by atoms with Crippen molar-refractivity contribution in [3.05, 3.63) is 52.5 Å². The standard InChI is InChI=1S/C19H16ClNO5/c1-3-16(22)13-4-6-14(7-5-13)25-11-18(23)26-19-15(20)8-12(10-21)9-17(19)24-2/h4-9H,3,11H2,1-2H3. The Morgan fingerprint density at radius 3 is 2.46 bits per heavy atom. The van der Waals surface area contributed by atoms with Gasteiger partial charge in [-0.3, -0.25) is 4.79 Å². The predicted molar refractivity (Wildman–Crippen MR) is 94.9 cm³/mol. The second kappa shape index (κ2) is 8.88. The van der Waals surface area contributed by atoms with Crippen LogP contribution in [0.4, 0.5) is 0 Å². The number of nitrogens with zero attached hydrogens (tertiary/aromatic N) is 1. The lowest BCUT2D eigenvalue weighted by Crippen LogP contribution is -2.18. The van der Waals surface area contributed by atoms with Crippen LogP contribution in [0, 0.1) is 11.3 Å². The SMILES string of the molecule is CCC(=O)c1ccc(OCC(=O)Oc2c(Cl)cc(C#N)cc2OC)cc1. The Hall–Kier alpha value is -3.04. The topological polar surface area (TPSA) is 85.6 Å². The quantitative estimate of drug-likeness (QED) is 0.417. The van der Waals surface area contributed by atoms with Crippen LogP contribution in [0.15, 0.2) is 36.4 Å². The molecule has 2 aromatic rings. The maximum atomic E-state index is 12.0. The van der Waals surface area contributed by atoms with Gasteiger partial charge in [0.25, 0.3) is 0 Å². The first-order valence-corrected chi connectivity index (χ1v) is 8.10. The molecule has 134 valence electrons. The van der Waals surface area contributed by atoms with Gasteiger partial charge in [0.05, 0.1) is 23.8 Å². The lowest BCUT2D eigenvalue weighted by molar-refractivity contribution is -0.136. The summed E-state index contributed by atoms with van der Waals surface area (Å²) in [6.07, 6.45) is 0.416. The van der Waals surface area contributed by atoms with Crippen LogP contribution in [-0.2, 0) is 4.79 Å². The van der Waals surface area contributed by atoms with Crippen LogP contribution < -0.4 is 14.2 Å². The minimum Gasteiger partial charge on any atom is -0.493 e. The monoisotopic (exact) mass is 373 g/mol. The highest BCUT2D eigenvalue weighted by molar-refractivity contribution is 6.32. The molecule has 0 aliphatic carbocycles. The smallest absolute Gasteiger partial charge is 0.349 e. The summed E-state index contributed by atoms with van der Waals surface area (Å²) in [6, 6.07) is 11.2. The second-order valence-electron chi connectivity index (χ2n) is 5.17. The summed E-state index contributed by atoms with van der Waals surface area (Å²) in [5, 5.41) is 9.00. The number of rotatable bonds is 7. The number of carbonyl (C=O) groups is 2. The molecule has 2 aromatic carbocycles. The number of esters is 1. The molecular formula is C19H16ClNO5. The Morgan fingerprint density at radius 1 is 1.19 bits per heavy atom. The van der Waals surface area contributed by atoms with Crippen molar-refractivity contribution in [2.45, 2.75) is 13.3 Å². The van der Waals surface area contributed by atoms with Gasteiger partial charge in [0.2, 0.25) is 0 Å². The van der Waals surface area contributed by atoms with Crippen molar-refractivity contribution in [1.82, 2.24) is 0 Å². The summed E-state index contributed by atoms with van der Waals surface area (Å²) in [7, 11) is 1.37. The molecular weight excluding hydrogens is 358 g/mol. The number of nitriles is 1. The molecule has 0 atom stereocenters. The van der Waals surface area contributed by atoms with E-state index < -0.39 is 5.97 Å². The molecule has 7 heteroatoms. The van der Waals surface area contributed by atoms with Crippen molar-refractivity contribution in [3.63, 3.8) is 0 Å². The van der Waals surface area contributed by atoms with E-state index >= 15 is 0 Å². The minimum atomic E-state index is -0.691. The zero-order valence-corrected chi connectivity index (χ0v) is 15.0. The number of benzene rings is 2. The molecule has 0 heterocycles. The van der Waals surface area contributed by atoms with Crippen LogP contribution in [0.3, 0.4) is 0 Å². The van der Waals surface area contributed by atoms with Crippen LogP contribution >= 0.6 is 11.6 Å². The van der Waals surface area contributed by atoms with E-state index in [1.165, 1.54) is 19.2 Å². The minimum absolute atomic E-state index is 0.0191. The normalized spacial score (nSPS) is 9.92. The molecule has 2 rings (SSSR count). The van der Waals surface area contributed by atoms with Crippen LogP contribution in [0.25, 0.3) is 0 Å². The van der Waals surface area contributed by atoms with E-state index in [2.05, 4.69) is 0 Å². The highest BCUT2D eigenvalue weighted by atomic mass is 35.5. The fraction of sp³-hybridized carbons (Fsp3) is 0.211. The van der Waals surface area contributed by atoms with Gasteiger partial charge >= 0.3 is 5.97 Å². The van der Waals surface area contributed by atoms with Crippen LogP contribution in [0.5, 0.6) is 17.2 Å². The zero-order chi connectivity index (χ0) is 19.1. The number of Topliss-reactive ketones (excluding diaryl/α,β-unsaturated/α-hetero) is 1. The van der Waals surface area contributed by atoms with E-state index in [4.69, 9.17) is 31.1 Å². The second-order valence-corrected chi connectivity index (χ2v) is 5.57. The van der Waals surface area contributed by atoms with E-state index in [0.29, 0.717) is 17.7 Å². The van der Waals surface area contributed by atoms with Crippen molar-refractivity contribution in [1.29, 1.82) is 5.26 Å². The number of halogens is 1. The Balaban J connectivity index is 2.01. The number of ketones is 1. The number of carbonyl (C=O) groups excluding carboxylic acids is 2. The Bertz CT molecular complexity index is 855. The molecule has 0 aliphatic heterocycles. The van der Waals surface area contributed by atoms with Gasteiger partial charge in [-0.1, -0.05) is 18.5 Å². The van der Waals surface area contributed by atoms with Crippen LogP contribution in [0.1, 0.15) is 29.3 Å². The van der Waals surface area contributed by atoms with Gasteiger partial charge in [-0.05, 0) is 30.3 Å². The van der Waals surface area contributed by atoms with E-state index in [1.807, 2.05) is 6.07 Å². The molecule has 26 heavy (non-hydrogen) atoms. The molecule has 0 radical (unpaired) electrons. The largest absolute Gasteiger partial charge is 0.493 e. The molecule has 0 aromatic heterocycles. The summed E-state index contributed by atoms with van der Waals surface area (Å²) < 4.78 is 15.6. The fourth-order valence-corrected chi connectivity index (χ4v) is 2.36. The summed E-state index contributed by atoms with van der Waals surface area (Å²) >= 11 is 6.03. The number of methoxy groups -OCH3 is 1. The summed E-state index contributed by atoms with van der Waals surface area (Å²) in [6.45, 7) is 1.42. The van der Waals surface area contributed by atoms with E-state index in [-0.39, 0.29) is 34.5 Å². The van der Waals surface area contributed by atoms with E-state index in [1.54, 1.807) is 31.2 Å². The molecule has 6 nitrogen and oxygen atoms in total. The van der Waals surface area contributed by atoms with Gasteiger partial charge in [-0.2, -0.15) is 5.26 Å². The number of hydrogen-bond acceptors (Lipinski definition) is 6. The van der Waals surface area contributed by atoms with Gasteiger partial charge in [0.1, 0.15) is 5.75 Å². The van der Waals surface area contributed by atoms with E-state index in [0.717, 1.165) is 0 Å². The lowest BCUT2D eigenvalue weighted by Gasteiger charge is -2.12. The van der Waals surface area contributed by atoms with E-state index in [9.17, 15) is 9.59 Å². The molecule has 0 N–H and O–H groups in total. The first-order valence-electron chi connectivity index (χ1n) is 7.72. The highest BCUT2D eigenvalue weighted by Gasteiger charge is 2.16. The molecule has 0 unspecified atom stereocenters. The number of hydrogen-bond donors (Lipinski definition) is 0. The van der Waals surface area contributed by atoms with Crippen molar-refractivity contribution < 1.29 is 23.8 Å². The molecule has 0 bridgehead atoms. The van der Waals surface area contributed by atoms with Gasteiger partial charge in [-0.25, -0.2) is 4.79 Å². The van der Waals surface area contributed by atoms with Crippen molar-refractivity contribution in [2.24, 2.45) is 0 Å². The first kappa shape index (κ1) is 19.3. The first-order chi connectivity index (χ1) is 12.5. The van der Waals surface area contributed by atoms with Crippen LogP contribution in [-0.4, -0.2) is 25.5 Å². The predicted octanol–water partition coefficient (Wildman–Crippen LogP) is 3.80. The molecule has 0 saturated heterocycles. The lowest BCUT2D eigenvalue weighted by atomic mass is 10.1. The van der Waals surface area contributed by atoms with Crippen molar-refractivity contribution in [3.8, 4) is 23.3 Å². The Morgan fingerprint density at radius 2 is 1.88 bits per heavy atom. The van der Waals surface area contributed by atoms with Crippen LogP contribution in [0.2, 0.25) is 5.02 Å². The number of ether oxygens (including phenoxy) is 3. The third kappa shape index (κ3) is 4.74. The summed E-state index contributed by atoms with van der Waals surface area (Å²) in [4.78, 5) is 23.6. The maximum absolute atomic E-state index is 12.0. The van der Waals surface area contributed by atoms with Gasteiger partial charge in [-0.15, -0.1) is 0 Å². The highest BCUT2D eigenvalue weighted by Crippen LogP contribution is 2.36. The van der Waals surface area contributed by atoms with Gasteiger partial charge in [0, 0.05) is 18.1 Å². The molecule has 0 saturated carbocycles. The van der Waals surface area contributed by atoms with Crippen molar-refractivity contribution >= 4 is 23.4 Å². The van der Waals surface area contributed by atoms with Crippen molar-refractivity contribution in [2.75, 3.05) is 13.7 Å². The van der Waals surface area contributed by atoms with Gasteiger partial charge in [0.15, 0.2) is 23.9 Å². The average molecular weight is 374 g/mol. The zero-order valence-electron chi connectivity index (χ0n) is 14.2. The Labute approximate surface area is 155 Å². The third-order valence-corrected chi connectivity index (χ3v) is 3.71. The summed E-state index contributed by atoms with van der Waals surface area (Å²) in [5.41, 5.74) is 0.862. The average Bonchev–Trinajstić information content (AvgIpc) is 2.67.